The summed E-state index contributed by atoms with van der Waals surface area (Å²) in [6, 6.07) is 5.16. The lowest BCUT2D eigenvalue weighted by molar-refractivity contribution is -0.119. The number of halogens is 1. The van der Waals surface area contributed by atoms with E-state index in [1.165, 1.54) is 13.3 Å². The molecule has 1 fully saturated rings. The summed E-state index contributed by atoms with van der Waals surface area (Å²) in [5.74, 6) is 0.324. The first-order chi connectivity index (χ1) is 11.5. The van der Waals surface area contributed by atoms with E-state index in [2.05, 4.69) is 10.6 Å². The number of amides is 2. The molecule has 140 valence electrons. The van der Waals surface area contributed by atoms with E-state index in [1.807, 2.05) is 0 Å². The molecule has 0 heterocycles. The minimum absolute atomic E-state index is 0. The van der Waals surface area contributed by atoms with Crippen molar-refractivity contribution < 1.29 is 14.3 Å². The van der Waals surface area contributed by atoms with E-state index in [0.717, 1.165) is 25.7 Å². The maximum atomic E-state index is 12.5. The van der Waals surface area contributed by atoms with Crippen LogP contribution in [0.1, 0.15) is 45.4 Å². The second-order valence-electron chi connectivity index (χ2n) is 6.59. The molecule has 0 saturated heterocycles. The van der Waals surface area contributed by atoms with Gasteiger partial charge < -0.3 is 21.1 Å². The highest BCUT2D eigenvalue weighted by molar-refractivity contribution is 5.95. The van der Waals surface area contributed by atoms with E-state index in [4.69, 9.17) is 10.5 Å². The van der Waals surface area contributed by atoms with Gasteiger partial charge in [0.25, 0.3) is 0 Å². The average molecular weight is 370 g/mol. The first-order valence-corrected chi connectivity index (χ1v) is 8.43. The van der Waals surface area contributed by atoms with Crippen molar-refractivity contribution >= 4 is 35.6 Å². The van der Waals surface area contributed by atoms with Gasteiger partial charge >= 0.3 is 0 Å². The van der Waals surface area contributed by atoms with E-state index in [9.17, 15) is 9.59 Å². The van der Waals surface area contributed by atoms with E-state index in [1.54, 1.807) is 25.3 Å². The Bertz CT molecular complexity index is 601. The highest BCUT2D eigenvalue weighted by atomic mass is 35.5. The van der Waals surface area contributed by atoms with Crippen LogP contribution >= 0.6 is 12.4 Å². The summed E-state index contributed by atoms with van der Waals surface area (Å²) in [4.78, 5) is 23.7. The molecule has 0 atom stereocenters. The molecule has 0 aromatic heterocycles. The van der Waals surface area contributed by atoms with Gasteiger partial charge in [-0.2, -0.15) is 0 Å². The SMILES string of the molecule is COc1ccc(NC(C)=O)cc1NC(=O)CC1(CN)CCCCC1.Cl. The van der Waals surface area contributed by atoms with Crippen molar-refractivity contribution in [2.24, 2.45) is 11.1 Å². The number of nitrogens with one attached hydrogen (secondary N) is 2. The Hall–Kier alpha value is -1.79. The van der Waals surface area contributed by atoms with Crippen molar-refractivity contribution in [3.8, 4) is 5.75 Å². The number of methoxy groups -OCH3 is 1. The molecule has 7 heteroatoms. The molecule has 0 unspecified atom stereocenters. The zero-order chi connectivity index (χ0) is 17.6. The lowest BCUT2D eigenvalue weighted by atomic mass is 9.71. The van der Waals surface area contributed by atoms with Gasteiger partial charge in [-0.15, -0.1) is 12.4 Å². The fourth-order valence-electron chi connectivity index (χ4n) is 3.38. The minimum atomic E-state index is -0.165. The summed E-state index contributed by atoms with van der Waals surface area (Å²) in [5, 5.41) is 5.61. The van der Waals surface area contributed by atoms with Crippen LogP contribution < -0.4 is 21.1 Å². The Balaban J connectivity index is 0.00000312. The monoisotopic (exact) mass is 369 g/mol. The molecular formula is C18H28ClN3O3. The van der Waals surface area contributed by atoms with Crippen LogP contribution in [0.3, 0.4) is 0 Å². The maximum absolute atomic E-state index is 12.5. The van der Waals surface area contributed by atoms with E-state index < -0.39 is 0 Å². The van der Waals surface area contributed by atoms with Crippen molar-refractivity contribution in [3.63, 3.8) is 0 Å². The molecule has 1 aromatic carbocycles. The quantitative estimate of drug-likeness (QED) is 0.717. The van der Waals surface area contributed by atoms with Gasteiger partial charge in [0.2, 0.25) is 11.8 Å². The van der Waals surface area contributed by atoms with Crippen LogP contribution in [-0.4, -0.2) is 25.5 Å². The molecule has 0 radical (unpaired) electrons. The smallest absolute Gasteiger partial charge is 0.225 e. The zero-order valence-electron chi connectivity index (χ0n) is 14.9. The number of ether oxygens (including phenoxy) is 1. The summed E-state index contributed by atoms with van der Waals surface area (Å²) in [7, 11) is 1.55. The molecule has 0 aliphatic heterocycles. The highest BCUT2D eigenvalue weighted by Gasteiger charge is 2.33. The van der Waals surface area contributed by atoms with Crippen molar-refractivity contribution in [1.82, 2.24) is 0 Å². The number of hydrogen-bond acceptors (Lipinski definition) is 4. The summed E-state index contributed by atoms with van der Waals surface area (Å²) >= 11 is 0. The molecule has 25 heavy (non-hydrogen) atoms. The van der Waals surface area contributed by atoms with Gasteiger partial charge in [0.05, 0.1) is 12.8 Å². The number of hydrogen-bond donors (Lipinski definition) is 3. The van der Waals surface area contributed by atoms with Gasteiger partial charge in [-0.25, -0.2) is 0 Å². The maximum Gasteiger partial charge on any atom is 0.225 e. The average Bonchev–Trinajstić information content (AvgIpc) is 2.55. The first-order valence-electron chi connectivity index (χ1n) is 8.43. The summed E-state index contributed by atoms with van der Waals surface area (Å²) in [5.41, 5.74) is 7.04. The fourth-order valence-corrected chi connectivity index (χ4v) is 3.38. The summed E-state index contributed by atoms with van der Waals surface area (Å²) in [6.45, 7) is 1.97. The normalized spacial score (nSPS) is 15.6. The summed E-state index contributed by atoms with van der Waals surface area (Å²) in [6.07, 6.45) is 5.89. The molecule has 1 aliphatic rings. The third kappa shape index (κ3) is 5.90. The number of anilines is 2. The molecule has 1 aromatic rings. The Morgan fingerprint density at radius 2 is 1.88 bits per heavy atom. The zero-order valence-corrected chi connectivity index (χ0v) is 15.7. The standard InChI is InChI=1S/C18H27N3O3.ClH/c1-13(22)20-14-6-7-16(24-2)15(10-14)21-17(23)11-18(12-19)8-4-3-5-9-18;/h6-7,10H,3-5,8-9,11-12,19H2,1-2H3,(H,20,22)(H,21,23);1H. The van der Waals surface area contributed by atoms with Crippen LogP contribution in [-0.2, 0) is 9.59 Å². The van der Waals surface area contributed by atoms with Crippen LogP contribution in [0.2, 0.25) is 0 Å². The van der Waals surface area contributed by atoms with Crippen LogP contribution in [0.4, 0.5) is 11.4 Å². The van der Waals surface area contributed by atoms with Crippen molar-refractivity contribution in [2.45, 2.75) is 45.4 Å². The number of rotatable bonds is 6. The first kappa shape index (κ1) is 21.3. The highest BCUT2D eigenvalue weighted by Crippen LogP contribution is 2.39. The van der Waals surface area contributed by atoms with Gasteiger partial charge in [-0.1, -0.05) is 19.3 Å². The lowest BCUT2D eigenvalue weighted by Gasteiger charge is -2.35. The predicted molar refractivity (Wildman–Crippen MR) is 102 cm³/mol. The Morgan fingerprint density at radius 3 is 2.44 bits per heavy atom. The predicted octanol–water partition coefficient (Wildman–Crippen LogP) is 3.31. The largest absolute Gasteiger partial charge is 0.495 e. The van der Waals surface area contributed by atoms with Gasteiger partial charge in [-0.05, 0) is 43.0 Å². The molecular weight excluding hydrogens is 342 g/mol. The van der Waals surface area contributed by atoms with Crippen molar-refractivity contribution in [2.75, 3.05) is 24.3 Å². The molecule has 2 amide bonds. The van der Waals surface area contributed by atoms with Gasteiger partial charge in [0, 0.05) is 19.0 Å². The number of carbonyl (C=O) groups excluding carboxylic acids is 2. The molecule has 1 aliphatic carbocycles. The number of benzene rings is 1. The van der Waals surface area contributed by atoms with Crippen LogP contribution in [0.5, 0.6) is 5.75 Å². The summed E-state index contributed by atoms with van der Waals surface area (Å²) < 4.78 is 5.30. The lowest BCUT2D eigenvalue weighted by Crippen LogP contribution is -2.36. The minimum Gasteiger partial charge on any atom is -0.495 e. The van der Waals surface area contributed by atoms with E-state index >= 15 is 0 Å². The van der Waals surface area contributed by atoms with Crippen molar-refractivity contribution in [3.05, 3.63) is 18.2 Å². The van der Waals surface area contributed by atoms with E-state index in [-0.39, 0.29) is 29.6 Å². The van der Waals surface area contributed by atoms with Crippen LogP contribution in [0, 0.1) is 5.41 Å². The third-order valence-electron chi connectivity index (χ3n) is 4.68. The van der Waals surface area contributed by atoms with Gasteiger partial charge in [-0.3, -0.25) is 9.59 Å². The Kier molecular flexibility index (Phi) is 8.19. The molecule has 0 bridgehead atoms. The van der Waals surface area contributed by atoms with Gasteiger partial charge in [0.1, 0.15) is 5.75 Å². The topological polar surface area (TPSA) is 93.5 Å². The number of carbonyl (C=O) groups is 2. The third-order valence-corrected chi connectivity index (χ3v) is 4.68. The fraction of sp³-hybridized carbons (Fsp3) is 0.556. The molecule has 0 spiro atoms. The van der Waals surface area contributed by atoms with E-state index in [0.29, 0.717) is 30.1 Å². The van der Waals surface area contributed by atoms with Crippen LogP contribution in [0.15, 0.2) is 18.2 Å². The molecule has 6 nitrogen and oxygen atoms in total. The Morgan fingerprint density at radius 1 is 1.20 bits per heavy atom. The molecule has 1 saturated carbocycles. The van der Waals surface area contributed by atoms with Crippen molar-refractivity contribution in [1.29, 1.82) is 0 Å². The van der Waals surface area contributed by atoms with Crippen LogP contribution in [0.25, 0.3) is 0 Å². The molecule has 4 N–H and O–H groups in total. The second-order valence-corrected chi connectivity index (χ2v) is 6.59. The number of nitrogens with two attached hydrogens (primary N) is 1. The van der Waals surface area contributed by atoms with Gasteiger partial charge in [0.15, 0.2) is 0 Å². The second kappa shape index (κ2) is 9.63. The molecule has 2 rings (SSSR count). The Labute approximate surface area is 155 Å².